The highest BCUT2D eigenvalue weighted by atomic mass is 16.5. The summed E-state index contributed by atoms with van der Waals surface area (Å²) < 4.78 is 5.14. The number of piperidine rings is 1. The molecule has 0 N–H and O–H groups in total. The lowest BCUT2D eigenvalue weighted by molar-refractivity contribution is -0.145. The van der Waals surface area contributed by atoms with Gasteiger partial charge in [0.2, 0.25) is 0 Å². The van der Waals surface area contributed by atoms with E-state index in [1.165, 1.54) is 12.8 Å². The predicted molar refractivity (Wildman–Crippen MR) is 60.7 cm³/mol. The topological polar surface area (TPSA) is 29.5 Å². The van der Waals surface area contributed by atoms with Gasteiger partial charge in [-0.3, -0.25) is 9.69 Å². The molecule has 1 rings (SSSR count). The molecule has 1 heterocycles. The van der Waals surface area contributed by atoms with Crippen LogP contribution in [0.4, 0.5) is 0 Å². The van der Waals surface area contributed by atoms with Crippen LogP contribution >= 0.6 is 0 Å². The summed E-state index contributed by atoms with van der Waals surface area (Å²) in [6, 6.07) is 0. The summed E-state index contributed by atoms with van der Waals surface area (Å²) in [6.45, 7) is 7.50. The number of likely N-dealkylation sites (tertiary alicyclic amines) is 1. The standard InChI is InChI=1S/C12H23NO2/c1-3-4-8-15-12(14)10-13-7-5-6-11(2)9-13/h11H,3-10H2,1-2H3. The van der Waals surface area contributed by atoms with Crippen LogP contribution < -0.4 is 0 Å². The summed E-state index contributed by atoms with van der Waals surface area (Å²) >= 11 is 0. The van der Waals surface area contributed by atoms with Crippen molar-refractivity contribution in [1.29, 1.82) is 0 Å². The van der Waals surface area contributed by atoms with E-state index in [1.54, 1.807) is 0 Å². The lowest BCUT2D eigenvalue weighted by atomic mass is 10.0. The summed E-state index contributed by atoms with van der Waals surface area (Å²) in [4.78, 5) is 13.6. The normalized spacial score (nSPS) is 22.7. The molecule has 1 fully saturated rings. The Morgan fingerprint density at radius 1 is 1.53 bits per heavy atom. The van der Waals surface area contributed by atoms with Crippen LogP contribution in [-0.2, 0) is 9.53 Å². The van der Waals surface area contributed by atoms with Crippen molar-refractivity contribution in [3.05, 3.63) is 0 Å². The number of rotatable bonds is 5. The van der Waals surface area contributed by atoms with Gasteiger partial charge in [0.25, 0.3) is 0 Å². The number of unbranched alkanes of at least 4 members (excludes halogenated alkanes) is 1. The van der Waals surface area contributed by atoms with Gasteiger partial charge in [0.15, 0.2) is 0 Å². The van der Waals surface area contributed by atoms with E-state index in [-0.39, 0.29) is 5.97 Å². The third-order valence-electron chi connectivity index (χ3n) is 2.85. The van der Waals surface area contributed by atoms with E-state index in [0.717, 1.165) is 31.8 Å². The Labute approximate surface area is 92.8 Å². The quantitative estimate of drug-likeness (QED) is 0.517. The van der Waals surface area contributed by atoms with Crippen molar-refractivity contribution < 1.29 is 9.53 Å². The Morgan fingerprint density at radius 3 is 3.00 bits per heavy atom. The Morgan fingerprint density at radius 2 is 2.33 bits per heavy atom. The molecule has 1 aliphatic rings. The number of hydrogen-bond acceptors (Lipinski definition) is 3. The summed E-state index contributed by atoms with van der Waals surface area (Å²) in [7, 11) is 0. The monoisotopic (exact) mass is 213 g/mol. The number of carbonyl (C=O) groups is 1. The van der Waals surface area contributed by atoms with Gasteiger partial charge >= 0.3 is 5.97 Å². The first-order chi connectivity index (χ1) is 7.22. The molecule has 0 bridgehead atoms. The minimum Gasteiger partial charge on any atom is -0.465 e. The van der Waals surface area contributed by atoms with Crippen molar-refractivity contribution in [2.75, 3.05) is 26.2 Å². The molecule has 3 heteroatoms. The summed E-state index contributed by atoms with van der Waals surface area (Å²) in [5.41, 5.74) is 0. The second-order valence-corrected chi connectivity index (χ2v) is 4.56. The second-order valence-electron chi connectivity index (χ2n) is 4.56. The highest BCUT2D eigenvalue weighted by Gasteiger charge is 2.18. The zero-order chi connectivity index (χ0) is 11.1. The second kappa shape index (κ2) is 6.83. The minimum absolute atomic E-state index is 0.0578. The average Bonchev–Trinajstić information content (AvgIpc) is 2.18. The Bertz CT molecular complexity index is 194. The highest BCUT2D eigenvalue weighted by Crippen LogP contribution is 2.14. The number of ether oxygens (including phenoxy) is 1. The van der Waals surface area contributed by atoms with Gasteiger partial charge < -0.3 is 4.74 Å². The van der Waals surface area contributed by atoms with Gasteiger partial charge in [-0.25, -0.2) is 0 Å². The molecular formula is C12H23NO2. The third-order valence-corrected chi connectivity index (χ3v) is 2.85. The van der Waals surface area contributed by atoms with E-state index in [9.17, 15) is 4.79 Å². The SMILES string of the molecule is CCCCOC(=O)CN1CCCC(C)C1. The molecule has 1 saturated heterocycles. The fourth-order valence-electron chi connectivity index (χ4n) is 1.99. The molecule has 0 saturated carbocycles. The lowest BCUT2D eigenvalue weighted by Crippen LogP contribution is -2.38. The molecule has 15 heavy (non-hydrogen) atoms. The molecule has 0 aliphatic carbocycles. The van der Waals surface area contributed by atoms with E-state index in [4.69, 9.17) is 4.74 Å². The Kier molecular flexibility index (Phi) is 5.69. The van der Waals surface area contributed by atoms with Gasteiger partial charge in [0, 0.05) is 6.54 Å². The first-order valence-electron chi connectivity index (χ1n) is 6.10. The molecule has 0 aromatic heterocycles. The lowest BCUT2D eigenvalue weighted by Gasteiger charge is -2.29. The summed E-state index contributed by atoms with van der Waals surface area (Å²) in [5.74, 6) is 0.666. The number of hydrogen-bond donors (Lipinski definition) is 0. The van der Waals surface area contributed by atoms with Crippen LogP contribution in [0.3, 0.4) is 0 Å². The van der Waals surface area contributed by atoms with Crippen molar-refractivity contribution in [3.63, 3.8) is 0 Å². The largest absolute Gasteiger partial charge is 0.465 e. The van der Waals surface area contributed by atoms with Crippen molar-refractivity contribution >= 4 is 5.97 Å². The number of esters is 1. The van der Waals surface area contributed by atoms with Crippen molar-refractivity contribution in [2.45, 2.75) is 39.5 Å². The summed E-state index contributed by atoms with van der Waals surface area (Å²) in [5, 5.41) is 0. The summed E-state index contributed by atoms with van der Waals surface area (Å²) in [6.07, 6.45) is 4.56. The zero-order valence-electron chi connectivity index (χ0n) is 10.00. The third kappa shape index (κ3) is 5.17. The van der Waals surface area contributed by atoms with Crippen LogP contribution in [-0.4, -0.2) is 37.1 Å². The Balaban J connectivity index is 2.13. The van der Waals surface area contributed by atoms with Gasteiger partial charge in [-0.15, -0.1) is 0 Å². The molecule has 3 nitrogen and oxygen atoms in total. The Hall–Kier alpha value is -0.570. The number of nitrogens with zero attached hydrogens (tertiary/aromatic N) is 1. The molecule has 1 unspecified atom stereocenters. The van der Waals surface area contributed by atoms with Gasteiger partial charge in [-0.2, -0.15) is 0 Å². The van der Waals surface area contributed by atoms with Crippen molar-refractivity contribution in [1.82, 2.24) is 4.90 Å². The number of carbonyl (C=O) groups excluding carboxylic acids is 1. The molecule has 0 amide bonds. The molecule has 0 aromatic rings. The zero-order valence-corrected chi connectivity index (χ0v) is 10.00. The highest BCUT2D eigenvalue weighted by molar-refractivity contribution is 5.71. The van der Waals surface area contributed by atoms with Crippen molar-refractivity contribution in [3.8, 4) is 0 Å². The van der Waals surface area contributed by atoms with Gasteiger partial charge in [-0.05, 0) is 31.7 Å². The first kappa shape index (κ1) is 12.5. The molecule has 0 radical (unpaired) electrons. The van der Waals surface area contributed by atoms with Gasteiger partial charge in [0.05, 0.1) is 13.2 Å². The van der Waals surface area contributed by atoms with E-state index in [0.29, 0.717) is 13.2 Å². The maximum absolute atomic E-state index is 11.4. The van der Waals surface area contributed by atoms with Gasteiger partial charge in [-0.1, -0.05) is 20.3 Å². The molecule has 1 aliphatic heterocycles. The van der Waals surface area contributed by atoms with E-state index in [1.807, 2.05) is 0 Å². The van der Waals surface area contributed by atoms with Crippen LogP contribution in [0.5, 0.6) is 0 Å². The van der Waals surface area contributed by atoms with E-state index >= 15 is 0 Å². The fraction of sp³-hybridized carbons (Fsp3) is 0.917. The van der Waals surface area contributed by atoms with Crippen molar-refractivity contribution in [2.24, 2.45) is 5.92 Å². The van der Waals surface area contributed by atoms with Gasteiger partial charge in [0.1, 0.15) is 0 Å². The first-order valence-corrected chi connectivity index (χ1v) is 6.10. The van der Waals surface area contributed by atoms with Crippen LogP contribution in [0.1, 0.15) is 39.5 Å². The molecule has 0 aromatic carbocycles. The predicted octanol–water partition coefficient (Wildman–Crippen LogP) is 2.06. The smallest absolute Gasteiger partial charge is 0.320 e. The molecular weight excluding hydrogens is 190 g/mol. The molecule has 88 valence electrons. The van der Waals surface area contributed by atoms with E-state index < -0.39 is 0 Å². The maximum Gasteiger partial charge on any atom is 0.320 e. The molecule has 1 atom stereocenters. The minimum atomic E-state index is -0.0578. The van der Waals surface area contributed by atoms with Crippen LogP contribution in [0.15, 0.2) is 0 Å². The average molecular weight is 213 g/mol. The van der Waals surface area contributed by atoms with Crippen LogP contribution in [0.25, 0.3) is 0 Å². The fourth-order valence-corrected chi connectivity index (χ4v) is 1.99. The van der Waals surface area contributed by atoms with Crippen LogP contribution in [0.2, 0.25) is 0 Å². The maximum atomic E-state index is 11.4. The molecule has 0 spiro atoms. The van der Waals surface area contributed by atoms with Crippen LogP contribution in [0, 0.1) is 5.92 Å². The van der Waals surface area contributed by atoms with E-state index in [2.05, 4.69) is 18.7 Å².